The van der Waals surface area contributed by atoms with Crippen LogP contribution in [0.25, 0.3) is 0 Å². The zero-order valence-electron chi connectivity index (χ0n) is 13.6. The van der Waals surface area contributed by atoms with Gasteiger partial charge in [0.05, 0.1) is 6.61 Å². The van der Waals surface area contributed by atoms with E-state index in [0.29, 0.717) is 5.69 Å². The van der Waals surface area contributed by atoms with Crippen molar-refractivity contribution >= 4 is 11.6 Å². The number of rotatable bonds is 5. The molecule has 0 aliphatic carbocycles. The third-order valence-electron chi connectivity index (χ3n) is 4.08. The number of aromatic nitrogens is 1. The second-order valence-electron chi connectivity index (χ2n) is 5.95. The van der Waals surface area contributed by atoms with Gasteiger partial charge in [0.25, 0.3) is 11.8 Å². The number of benzene rings is 1. The fourth-order valence-electron chi connectivity index (χ4n) is 2.64. The van der Waals surface area contributed by atoms with Crippen LogP contribution >= 0.6 is 0 Å². The average Bonchev–Trinajstić information content (AvgIpc) is 2.62. The van der Waals surface area contributed by atoms with Crippen LogP contribution in [0.15, 0.2) is 48.7 Å². The summed E-state index contributed by atoms with van der Waals surface area (Å²) in [5, 5.41) is 0. The summed E-state index contributed by atoms with van der Waals surface area (Å²) in [7, 11) is 0. The molecule has 3 rings (SSSR count). The minimum Gasteiger partial charge on any atom is -0.371 e. The van der Waals surface area contributed by atoms with Crippen LogP contribution in [0.2, 0.25) is 0 Å². The lowest BCUT2D eigenvalue weighted by atomic mass is 10.1. The summed E-state index contributed by atoms with van der Waals surface area (Å²) in [6.07, 6.45) is 1.13. The van der Waals surface area contributed by atoms with Crippen molar-refractivity contribution in [1.29, 1.82) is 0 Å². The number of hydrogen-bond donors (Lipinski definition) is 1. The molecular formula is C18H19F2N3O2. The van der Waals surface area contributed by atoms with E-state index in [1.54, 1.807) is 12.1 Å². The van der Waals surface area contributed by atoms with Gasteiger partial charge in [-0.25, -0.2) is 14.3 Å². The van der Waals surface area contributed by atoms with Gasteiger partial charge in [0.15, 0.2) is 0 Å². The summed E-state index contributed by atoms with van der Waals surface area (Å²) in [6, 6.07) is 12.7. The molecule has 2 aromatic rings. The van der Waals surface area contributed by atoms with E-state index in [1.165, 1.54) is 6.20 Å². The van der Waals surface area contributed by atoms with Crippen molar-refractivity contribution in [3.8, 4) is 0 Å². The van der Waals surface area contributed by atoms with Gasteiger partial charge < -0.3 is 4.90 Å². The quantitative estimate of drug-likeness (QED) is 0.844. The molecule has 1 aliphatic rings. The van der Waals surface area contributed by atoms with Gasteiger partial charge in [-0.2, -0.15) is 0 Å². The minimum atomic E-state index is -2.60. The molecule has 132 valence electrons. The Morgan fingerprint density at radius 2 is 1.92 bits per heavy atom. The Bertz CT molecular complexity index is 715. The highest BCUT2D eigenvalue weighted by Crippen LogP contribution is 2.30. The standard InChI is InChI=1S/C18H19F2N3O2/c19-18(20)7-10-23(11-8-18)15-6-9-21-16(12-15)17(24)22-25-13-14-4-2-1-3-5-14/h1-6,9,12H,7-8,10-11,13H2,(H,22,24). The summed E-state index contributed by atoms with van der Waals surface area (Å²) < 4.78 is 26.5. The molecule has 0 saturated carbocycles. The highest BCUT2D eigenvalue weighted by atomic mass is 19.3. The average molecular weight is 347 g/mol. The molecule has 2 heterocycles. The Kier molecular flexibility index (Phi) is 5.23. The van der Waals surface area contributed by atoms with Crippen LogP contribution < -0.4 is 10.4 Å². The lowest BCUT2D eigenvalue weighted by molar-refractivity contribution is -0.0220. The number of amides is 1. The van der Waals surface area contributed by atoms with Gasteiger partial charge in [-0.05, 0) is 17.7 Å². The molecule has 1 aliphatic heterocycles. The van der Waals surface area contributed by atoms with Crippen LogP contribution in [0.1, 0.15) is 28.9 Å². The largest absolute Gasteiger partial charge is 0.371 e. The van der Waals surface area contributed by atoms with E-state index < -0.39 is 11.8 Å². The van der Waals surface area contributed by atoms with Gasteiger partial charge in [0.1, 0.15) is 5.69 Å². The molecule has 1 aromatic heterocycles. The van der Waals surface area contributed by atoms with Crippen molar-refractivity contribution < 1.29 is 18.4 Å². The first-order chi connectivity index (χ1) is 12.0. The normalized spacial score (nSPS) is 16.5. The number of pyridine rings is 1. The maximum absolute atomic E-state index is 13.3. The van der Waals surface area contributed by atoms with Gasteiger partial charge in [0, 0.05) is 37.8 Å². The fourth-order valence-corrected chi connectivity index (χ4v) is 2.64. The van der Waals surface area contributed by atoms with Crippen molar-refractivity contribution in [1.82, 2.24) is 10.5 Å². The van der Waals surface area contributed by atoms with Gasteiger partial charge >= 0.3 is 0 Å². The molecule has 0 atom stereocenters. The number of nitrogens with zero attached hydrogens (tertiary/aromatic N) is 2. The molecule has 1 fully saturated rings. The number of carbonyl (C=O) groups excluding carboxylic acids is 1. The van der Waals surface area contributed by atoms with Gasteiger partial charge in [-0.1, -0.05) is 30.3 Å². The van der Waals surface area contributed by atoms with E-state index in [0.717, 1.165) is 5.56 Å². The van der Waals surface area contributed by atoms with E-state index in [2.05, 4.69) is 10.5 Å². The molecular weight excluding hydrogens is 328 g/mol. The van der Waals surface area contributed by atoms with E-state index in [9.17, 15) is 13.6 Å². The molecule has 0 bridgehead atoms. The Balaban J connectivity index is 1.56. The predicted molar refractivity (Wildman–Crippen MR) is 89.3 cm³/mol. The molecule has 1 aromatic carbocycles. The van der Waals surface area contributed by atoms with E-state index in [-0.39, 0.29) is 38.2 Å². The lowest BCUT2D eigenvalue weighted by Crippen LogP contribution is -2.39. The van der Waals surface area contributed by atoms with Gasteiger partial charge in [-0.15, -0.1) is 0 Å². The molecule has 0 spiro atoms. The fraction of sp³-hybridized carbons (Fsp3) is 0.333. The van der Waals surface area contributed by atoms with Crippen molar-refractivity contribution in [2.45, 2.75) is 25.4 Å². The number of carbonyl (C=O) groups is 1. The number of alkyl halides is 2. The maximum atomic E-state index is 13.3. The topological polar surface area (TPSA) is 54.5 Å². The summed E-state index contributed by atoms with van der Waals surface area (Å²) in [6.45, 7) is 0.749. The number of piperidine rings is 1. The SMILES string of the molecule is O=C(NOCc1ccccc1)c1cc(N2CCC(F)(F)CC2)ccn1. The number of hydroxylamine groups is 1. The van der Waals surface area contributed by atoms with Crippen LogP contribution in [-0.2, 0) is 11.4 Å². The second kappa shape index (κ2) is 7.57. The lowest BCUT2D eigenvalue weighted by Gasteiger charge is -2.33. The van der Waals surface area contributed by atoms with Gasteiger partial charge in [-0.3, -0.25) is 14.6 Å². The predicted octanol–water partition coefficient (Wildman–Crippen LogP) is 3.18. The van der Waals surface area contributed by atoms with Crippen molar-refractivity contribution in [3.05, 3.63) is 59.9 Å². The van der Waals surface area contributed by atoms with Crippen LogP contribution in [0.3, 0.4) is 0 Å². The zero-order valence-corrected chi connectivity index (χ0v) is 13.6. The summed E-state index contributed by atoms with van der Waals surface area (Å²) in [5.41, 5.74) is 4.17. The van der Waals surface area contributed by atoms with Crippen LogP contribution in [0.5, 0.6) is 0 Å². The Hall–Kier alpha value is -2.54. The molecule has 0 radical (unpaired) electrons. The molecule has 1 saturated heterocycles. The smallest absolute Gasteiger partial charge is 0.293 e. The molecule has 7 heteroatoms. The number of halogens is 2. The Morgan fingerprint density at radius 1 is 1.20 bits per heavy atom. The summed E-state index contributed by atoms with van der Waals surface area (Å²) in [4.78, 5) is 23.2. The van der Waals surface area contributed by atoms with Crippen LogP contribution in [0.4, 0.5) is 14.5 Å². The highest BCUT2D eigenvalue weighted by molar-refractivity contribution is 5.92. The van der Waals surface area contributed by atoms with Crippen molar-refractivity contribution in [2.75, 3.05) is 18.0 Å². The number of anilines is 1. The first-order valence-corrected chi connectivity index (χ1v) is 8.08. The molecule has 1 N–H and O–H groups in total. The Labute approximate surface area is 144 Å². The molecule has 5 nitrogen and oxygen atoms in total. The maximum Gasteiger partial charge on any atom is 0.293 e. The molecule has 25 heavy (non-hydrogen) atoms. The third-order valence-corrected chi connectivity index (χ3v) is 4.08. The molecule has 0 unspecified atom stereocenters. The minimum absolute atomic E-state index is 0.183. The van der Waals surface area contributed by atoms with Crippen molar-refractivity contribution in [2.24, 2.45) is 0 Å². The number of hydrogen-bond acceptors (Lipinski definition) is 4. The second-order valence-corrected chi connectivity index (χ2v) is 5.95. The third kappa shape index (κ3) is 4.73. The molecule has 1 amide bonds. The van der Waals surface area contributed by atoms with Gasteiger partial charge in [0.2, 0.25) is 0 Å². The highest BCUT2D eigenvalue weighted by Gasteiger charge is 2.34. The Morgan fingerprint density at radius 3 is 2.64 bits per heavy atom. The zero-order chi connectivity index (χ0) is 17.7. The first kappa shape index (κ1) is 17.3. The van der Waals surface area contributed by atoms with E-state index >= 15 is 0 Å². The van der Waals surface area contributed by atoms with Crippen molar-refractivity contribution in [3.63, 3.8) is 0 Å². The number of nitrogens with one attached hydrogen (secondary N) is 1. The van der Waals surface area contributed by atoms with Crippen LogP contribution in [0, 0.1) is 0 Å². The first-order valence-electron chi connectivity index (χ1n) is 8.08. The monoisotopic (exact) mass is 347 g/mol. The summed E-state index contributed by atoms with van der Waals surface area (Å²) >= 11 is 0. The van der Waals surface area contributed by atoms with Crippen LogP contribution in [-0.4, -0.2) is 29.9 Å². The van der Waals surface area contributed by atoms with E-state index in [4.69, 9.17) is 4.84 Å². The van der Waals surface area contributed by atoms with E-state index in [1.807, 2.05) is 35.2 Å². The summed E-state index contributed by atoms with van der Waals surface area (Å²) in [5.74, 6) is -3.07.